The molecule has 0 unspecified atom stereocenters. The first kappa shape index (κ1) is 12.3. The zero-order valence-corrected chi connectivity index (χ0v) is 10.2. The summed E-state index contributed by atoms with van der Waals surface area (Å²) >= 11 is 4.32. The van der Waals surface area contributed by atoms with Gasteiger partial charge in [-0.1, -0.05) is 12.1 Å². The van der Waals surface area contributed by atoms with Crippen LogP contribution in [0.3, 0.4) is 0 Å². The molecule has 0 spiro atoms. The Balaban J connectivity index is 2.40. The van der Waals surface area contributed by atoms with Crippen LogP contribution in [0.4, 0.5) is 0 Å². The Labute approximate surface area is 108 Å². The first-order valence-corrected chi connectivity index (χ1v) is 5.57. The maximum absolute atomic E-state index is 12.0. The third-order valence-corrected chi connectivity index (χ3v) is 2.82. The fraction of sp³-hybridized carbons (Fsp3) is 0.167. The molecule has 0 N–H and O–H groups in total. The second kappa shape index (κ2) is 4.60. The smallest absolute Gasteiger partial charge is 0.269 e. The largest absolute Gasteiger partial charge is 0.277 e. The van der Waals surface area contributed by atoms with E-state index in [0.717, 1.165) is 4.90 Å². The van der Waals surface area contributed by atoms with E-state index in [0.29, 0.717) is 11.1 Å². The lowest BCUT2D eigenvalue weighted by Gasteiger charge is -2.18. The first-order valence-electron chi connectivity index (χ1n) is 5.16. The number of nitrogens with zero attached hydrogens (tertiary/aromatic N) is 2. The molecule has 3 amide bonds. The molecule has 0 aromatic heterocycles. The minimum Gasteiger partial charge on any atom is -0.269 e. The number of benzene rings is 1. The van der Waals surface area contributed by atoms with Gasteiger partial charge in [-0.2, -0.15) is 4.99 Å². The van der Waals surface area contributed by atoms with E-state index in [9.17, 15) is 14.4 Å². The van der Waals surface area contributed by atoms with Gasteiger partial charge in [0.05, 0.1) is 16.3 Å². The van der Waals surface area contributed by atoms with Crippen LogP contribution in [-0.4, -0.2) is 33.8 Å². The standard InChI is InChI=1S/C12H8N2O3S/c1-7(10(15)13-6-18)14-11(16)8-4-2-3-5-9(8)12(14)17/h2-5,7H,1H3/t7-/m0/s1. The Morgan fingerprint density at radius 2 is 1.78 bits per heavy atom. The third kappa shape index (κ3) is 1.77. The van der Waals surface area contributed by atoms with Crippen LogP contribution in [0.25, 0.3) is 0 Å². The van der Waals surface area contributed by atoms with Crippen LogP contribution in [0.5, 0.6) is 0 Å². The molecule has 1 aliphatic heterocycles. The van der Waals surface area contributed by atoms with Gasteiger partial charge in [-0.3, -0.25) is 19.3 Å². The molecule has 0 radical (unpaired) electrons. The molecule has 2 rings (SSSR count). The molecular formula is C12H8N2O3S. The van der Waals surface area contributed by atoms with Crippen molar-refractivity contribution >= 4 is 35.1 Å². The minimum absolute atomic E-state index is 0.300. The van der Waals surface area contributed by atoms with Gasteiger partial charge >= 0.3 is 0 Å². The summed E-state index contributed by atoms with van der Waals surface area (Å²) in [5, 5.41) is 1.93. The molecule has 6 heteroatoms. The number of imide groups is 1. The molecule has 1 aromatic rings. The fourth-order valence-electron chi connectivity index (χ4n) is 1.81. The van der Waals surface area contributed by atoms with E-state index in [1.165, 1.54) is 6.92 Å². The summed E-state index contributed by atoms with van der Waals surface area (Å²) in [6.45, 7) is 1.43. The number of aliphatic imine (C=N–C) groups is 1. The van der Waals surface area contributed by atoms with Crippen molar-refractivity contribution in [1.82, 2.24) is 4.90 Å². The number of rotatable bonds is 2. The van der Waals surface area contributed by atoms with Crippen molar-refractivity contribution in [2.24, 2.45) is 4.99 Å². The molecule has 1 aromatic carbocycles. The van der Waals surface area contributed by atoms with Gasteiger partial charge in [-0.25, -0.2) is 0 Å². The average Bonchev–Trinajstić information content (AvgIpc) is 2.62. The molecule has 1 heterocycles. The third-order valence-electron chi connectivity index (χ3n) is 2.73. The molecule has 1 aliphatic rings. The Bertz CT molecular complexity index is 570. The molecule has 0 fully saturated rings. The Kier molecular flexibility index (Phi) is 3.14. The fourth-order valence-corrected chi connectivity index (χ4v) is 1.90. The first-order chi connectivity index (χ1) is 8.57. The van der Waals surface area contributed by atoms with Crippen LogP contribution < -0.4 is 0 Å². The molecule has 0 bridgehead atoms. The molecular weight excluding hydrogens is 252 g/mol. The van der Waals surface area contributed by atoms with Gasteiger partial charge in [0, 0.05) is 0 Å². The molecule has 0 aliphatic carbocycles. The van der Waals surface area contributed by atoms with E-state index in [4.69, 9.17) is 0 Å². The number of hydrogen-bond donors (Lipinski definition) is 0. The molecule has 5 nitrogen and oxygen atoms in total. The minimum atomic E-state index is -0.979. The predicted octanol–water partition coefficient (Wildman–Crippen LogP) is 1.30. The van der Waals surface area contributed by atoms with Crippen molar-refractivity contribution in [2.45, 2.75) is 13.0 Å². The SMILES string of the molecule is C[C@@H](C(=O)N=C=S)N1C(=O)c2ccccc2C1=O. The Hall–Kier alpha value is -2.17. The highest BCUT2D eigenvalue weighted by Crippen LogP contribution is 2.24. The van der Waals surface area contributed by atoms with E-state index in [2.05, 4.69) is 17.2 Å². The summed E-state index contributed by atoms with van der Waals surface area (Å²) < 4.78 is 0. The van der Waals surface area contributed by atoms with E-state index in [-0.39, 0.29) is 0 Å². The lowest BCUT2D eigenvalue weighted by Crippen LogP contribution is -2.42. The summed E-state index contributed by atoms with van der Waals surface area (Å²) in [5.41, 5.74) is 0.599. The number of amides is 3. The summed E-state index contributed by atoms with van der Waals surface area (Å²) in [4.78, 5) is 39.7. The predicted molar refractivity (Wildman–Crippen MR) is 66.4 cm³/mol. The van der Waals surface area contributed by atoms with E-state index < -0.39 is 23.8 Å². The number of carbonyl (C=O) groups excluding carboxylic acids is 3. The van der Waals surface area contributed by atoms with E-state index >= 15 is 0 Å². The molecule has 0 saturated heterocycles. The molecule has 18 heavy (non-hydrogen) atoms. The van der Waals surface area contributed by atoms with Crippen molar-refractivity contribution in [1.29, 1.82) is 0 Å². The quantitative estimate of drug-likeness (QED) is 0.456. The van der Waals surface area contributed by atoms with Crippen LogP contribution in [0, 0.1) is 0 Å². The lowest BCUT2D eigenvalue weighted by atomic mass is 10.1. The molecule has 90 valence electrons. The van der Waals surface area contributed by atoms with Gasteiger partial charge in [0.15, 0.2) is 0 Å². The Morgan fingerprint density at radius 3 is 2.22 bits per heavy atom. The zero-order chi connectivity index (χ0) is 13.3. The summed E-state index contributed by atoms with van der Waals surface area (Å²) in [7, 11) is 0. The van der Waals surface area contributed by atoms with Crippen LogP contribution in [0.15, 0.2) is 29.3 Å². The van der Waals surface area contributed by atoms with E-state index in [1.807, 2.05) is 5.16 Å². The number of hydrogen-bond acceptors (Lipinski definition) is 4. The number of thiocarbonyl (C=S) groups is 1. The summed E-state index contributed by atoms with van der Waals surface area (Å²) in [6.07, 6.45) is 0. The van der Waals surface area contributed by atoms with Gasteiger partial charge in [0.2, 0.25) is 0 Å². The second-order valence-corrected chi connectivity index (χ2v) is 3.93. The van der Waals surface area contributed by atoms with E-state index in [1.54, 1.807) is 24.3 Å². The monoisotopic (exact) mass is 260 g/mol. The van der Waals surface area contributed by atoms with Crippen molar-refractivity contribution < 1.29 is 14.4 Å². The van der Waals surface area contributed by atoms with Gasteiger partial charge < -0.3 is 0 Å². The zero-order valence-electron chi connectivity index (χ0n) is 9.41. The Morgan fingerprint density at radius 1 is 1.28 bits per heavy atom. The number of isothiocyanates is 1. The van der Waals surface area contributed by atoms with Crippen molar-refractivity contribution in [3.63, 3.8) is 0 Å². The van der Waals surface area contributed by atoms with Crippen molar-refractivity contribution in [2.75, 3.05) is 0 Å². The highest BCUT2D eigenvalue weighted by molar-refractivity contribution is 7.78. The van der Waals surface area contributed by atoms with Gasteiger partial charge in [0.1, 0.15) is 6.04 Å². The lowest BCUT2D eigenvalue weighted by molar-refractivity contribution is -0.121. The highest BCUT2D eigenvalue weighted by atomic mass is 32.1. The topological polar surface area (TPSA) is 66.8 Å². The number of carbonyl (C=O) groups is 3. The maximum Gasteiger partial charge on any atom is 0.277 e. The summed E-state index contributed by atoms with van der Waals surface area (Å²) in [6, 6.07) is 5.45. The van der Waals surface area contributed by atoms with Crippen LogP contribution in [0.2, 0.25) is 0 Å². The molecule has 0 saturated carbocycles. The van der Waals surface area contributed by atoms with Crippen LogP contribution in [-0.2, 0) is 4.79 Å². The van der Waals surface area contributed by atoms with Gasteiger partial charge in [0.25, 0.3) is 17.7 Å². The summed E-state index contributed by atoms with van der Waals surface area (Å²) in [5.74, 6) is -1.65. The van der Waals surface area contributed by atoms with Gasteiger partial charge in [-0.15, -0.1) is 0 Å². The van der Waals surface area contributed by atoms with Crippen LogP contribution in [0.1, 0.15) is 27.6 Å². The van der Waals surface area contributed by atoms with Crippen LogP contribution >= 0.6 is 12.2 Å². The highest BCUT2D eigenvalue weighted by Gasteiger charge is 2.40. The van der Waals surface area contributed by atoms with Crippen molar-refractivity contribution in [3.05, 3.63) is 35.4 Å². The van der Waals surface area contributed by atoms with Crippen molar-refractivity contribution in [3.8, 4) is 0 Å². The normalized spacial score (nSPS) is 15.1. The number of fused-ring (bicyclic) bond motifs is 1. The molecule has 1 atom stereocenters. The average molecular weight is 260 g/mol. The maximum atomic E-state index is 12.0. The van der Waals surface area contributed by atoms with Gasteiger partial charge in [-0.05, 0) is 31.3 Å². The second-order valence-electron chi connectivity index (χ2n) is 3.74.